The Labute approximate surface area is 185 Å². The van der Waals surface area contributed by atoms with Gasteiger partial charge in [0, 0.05) is 30.0 Å². The highest BCUT2D eigenvalue weighted by molar-refractivity contribution is 14.0. The van der Waals surface area contributed by atoms with Gasteiger partial charge in [0.15, 0.2) is 5.96 Å². The summed E-state index contributed by atoms with van der Waals surface area (Å²) in [6, 6.07) is 14.9. The first-order chi connectivity index (χ1) is 12.6. The molecule has 3 aromatic rings. The van der Waals surface area contributed by atoms with E-state index >= 15 is 0 Å². The minimum atomic E-state index is 0. The van der Waals surface area contributed by atoms with Crippen LogP contribution in [-0.2, 0) is 13.0 Å². The number of guanidine groups is 1. The van der Waals surface area contributed by atoms with Gasteiger partial charge in [-0.2, -0.15) is 0 Å². The molecule has 0 saturated carbocycles. The number of halogens is 2. The van der Waals surface area contributed by atoms with Crippen molar-refractivity contribution in [1.82, 2.24) is 20.0 Å². The molecule has 1 aromatic carbocycles. The first-order valence-corrected chi connectivity index (χ1v) is 9.57. The van der Waals surface area contributed by atoms with E-state index in [2.05, 4.69) is 73.8 Å². The lowest BCUT2D eigenvalue weighted by Gasteiger charge is -2.17. The van der Waals surface area contributed by atoms with Gasteiger partial charge in [0.2, 0.25) is 0 Å². The molecule has 0 spiro atoms. The first-order valence-electron chi connectivity index (χ1n) is 8.78. The third-order valence-electron chi connectivity index (χ3n) is 4.22. The van der Waals surface area contributed by atoms with Crippen molar-refractivity contribution in [3.05, 3.63) is 70.6 Å². The number of hydrogen-bond acceptors (Lipinski definition) is 2. The summed E-state index contributed by atoms with van der Waals surface area (Å²) in [6.07, 6.45) is 6.13. The van der Waals surface area contributed by atoms with Gasteiger partial charge >= 0.3 is 0 Å². The van der Waals surface area contributed by atoms with Gasteiger partial charge in [-0.05, 0) is 53.4 Å². The van der Waals surface area contributed by atoms with Crippen molar-refractivity contribution < 1.29 is 0 Å². The van der Waals surface area contributed by atoms with Gasteiger partial charge in [0.25, 0.3) is 0 Å². The zero-order valence-corrected chi connectivity index (χ0v) is 19.4. The van der Waals surface area contributed by atoms with Crippen molar-refractivity contribution in [2.75, 3.05) is 7.05 Å². The van der Waals surface area contributed by atoms with Gasteiger partial charge < -0.3 is 15.0 Å². The molecule has 1 atom stereocenters. The van der Waals surface area contributed by atoms with Crippen LogP contribution < -0.4 is 10.6 Å². The van der Waals surface area contributed by atoms with E-state index in [0.29, 0.717) is 12.6 Å². The first kappa shape index (κ1) is 21.7. The SMILES string of the molecule is CN=C(NCc1cn2cc(Br)ccc2n1)NC(C)CCc1ccccc1.I. The summed E-state index contributed by atoms with van der Waals surface area (Å²) in [7, 11) is 1.79. The average molecular weight is 542 g/mol. The molecule has 0 saturated heterocycles. The number of rotatable bonds is 6. The van der Waals surface area contributed by atoms with Crippen LogP contribution in [0.1, 0.15) is 24.6 Å². The van der Waals surface area contributed by atoms with E-state index in [4.69, 9.17) is 0 Å². The highest BCUT2D eigenvalue weighted by Crippen LogP contribution is 2.12. The van der Waals surface area contributed by atoms with Crippen LogP contribution in [0, 0.1) is 0 Å². The van der Waals surface area contributed by atoms with E-state index in [1.807, 2.05) is 28.9 Å². The van der Waals surface area contributed by atoms with Crippen LogP contribution in [0.2, 0.25) is 0 Å². The molecule has 0 radical (unpaired) electrons. The number of hydrogen-bond donors (Lipinski definition) is 2. The number of nitrogens with zero attached hydrogens (tertiary/aromatic N) is 3. The molecule has 3 rings (SSSR count). The van der Waals surface area contributed by atoms with Gasteiger partial charge in [-0.15, -0.1) is 24.0 Å². The van der Waals surface area contributed by atoms with E-state index in [1.165, 1.54) is 5.56 Å². The summed E-state index contributed by atoms with van der Waals surface area (Å²) >= 11 is 3.48. The van der Waals surface area contributed by atoms with E-state index in [9.17, 15) is 0 Å². The molecular formula is C20H25BrIN5. The summed E-state index contributed by atoms with van der Waals surface area (Å²) < 4.78 is 3.05. The molecule has 0 fully saturated rings. The number of aromatic nitrogens is 2. The number of benzene rings is 1. The van der Waals surface area contributed by atoms with Crippen LogP contribution in [0.5, 0.6) is 0 Å². The molecule has 1 unspecified atom stereocenters. The zero-order chi connectivity index (χ0) is 18.4. The minimum Gasteiger partial charge on any atom is -0.354 e. The zero-order valence-electron chi connectivity index (χ0n) is 15.5. The van der Waals surface area contributed by atoms with Crippen LogP contribution in [0.15, 0.2) is 64.3 Å². The third-order valence-corrected chi connectivity index (χ3v) is 4.69. The largest absolute Gasteiger partial charge is 0.354 e. The third kappa shape index (κ3) is 6.49. The standard InChI is InChI=1S/C20H24BrN5.HI/c1-15(8-9-16-6-4-3-5-7-16)24-20(22-2)23-12-18-14-26-13-17(21)10-11-19(26)25-18;/h3-7,10-11,13-15H,8-9,12H2,1-2H3,(H2,22,23,24);1H. The molecule has 7 heteroatoms. The second-order valence-corrected chi connectivity index (χ2v) is 7.26. The molecule has 2 aromatic heterocycles. The topological polar surface area (TPSA) is 53.7 Å². The summed E-state index contributed by atoms with van der Waals surface area (Å²) in [4.78, 5) is 8.93. The van der Waals surface area contributed by atoms with Crippen LogP contribution in [0.25, 0.3) is 5.65 Å². The Morgan fingerprint density at radius 3 is 2.70 bits per heavy atom. The van der Waals surface area contributed by atoms with Crippen LogP contribution in [-0.4, -0.2) is 28.4 Å². The molecule has 0 aliphatic heterocycles. The average Bonchev–Trinajstić information content (AvgIpc) is 3.06. The number of aryl methyl sites for hydroxylation is 1. The fourth-order valence-electron chi connectivity index (χ4n) is 2.80. The Hall–Kier alpha value is -1.61. The molecule has 0 aliphatic carbocycles. The van der Waals surface area contributed by atoms with Crippen molar-refractivity contribution in [2.45, 2.75) is 32.4 Å². The van der Waals surface area contributed by atoms with Gasteiger partial charge in [0.05, 0.1) is 12.2 Å². The highest BCUT2D eigenvalue weighted by atomic mass is 127. The van der Waals surface area contributed by atoms with Crippen molar-refractivity contribution >= 4 is 51.5 Å². The Balaban J connectivity index is 0.00000261. The Morgan fingerprint density at radius 2 is 1.96 bits per heavy atom. The molecule has 0 amide bonds. The molecule has 27 heavy (non-hydrogen) atoms. The van der Waals surface area contributed by atoms with E-state index in [-0.39, 0.29) is 24.0 Å². The van der Waals surface area contributed by atoms with Crippen molar-refractivity contribution in [1.29, 1.82) is 0 Å². The minimum absolute atomic E-state index is 0. The second-order valence-electron chi connectivity index (χ2n) is 6.34. The number of pyridine rings is 1. The molecule has 144 valence electrons. The lowest BCUT2D eigenvalue weighted by molar-refractivity contribution is 0.592. The predicted molar refractivity (Wildman–Crippen MR) is 126 cm³/mol. The summed E-state index contributed by atoms with van der Waals surface area (Å²) in [5.41, 5.74) is 3.27. The number of aliphatic imine (C=N–C) groups is 1. The van der Waals surface area contributed by atoms with Crippen LogP contribution >= 0.6 is 39.9 Å². The Bertz CT molecular complexity index is 878. The maximum absolute atomic E-state index is 4.61. The molecule has 0 aliphatic rings. The van der Waals surface area contributed by atoms with Gasteiger partial charge in [-0.25, -0.2) is 4.98 Å². The maximum Gasteiger partial charge on any atom is 0.191 e. The van der Waals surface area contributed by atoms with Crippen molar-refractivity contribution in [3.63, 3.8) is 0 Å². The number of fused-ring (bicyclic) bond motifs is 1. The molecule has 2 N–H and O–H groups in total. The van der Waals surface area contributed by atoms with Crippen molar-refractivity contribution in [3.8, 4) is 0 Å². The second kappa shape index (κ2) is 10.7. The van der Waals surface area contributed by atoms with Gasteiger partial charge in [-0.3, -0.25) is 4.99 Å². The molecular weight excluding hydrogens is 517 g/mol. The van der Waals surface area contributed by atoms with Gasteiger partial charge in [0.1, 0.15) is 5.65 Å². The predicted octanol–water partition coefficient (Wildman–Crippen LogP) is 4.40. The normalized spacial score (nSPS) is 12.5. The quantitative estimate of drug-likeness (QED) is 0.276. The number of imidazole rings is 1. The monoisotopic (exact) mass is 541 g/mol. The lowest BCUT2D eigenvalue weighted by atomic mass is 10.1. The van der Waals surface area contributed by atoms with E-state index < -0.39 is 0 Å². The summed E-state index contributed by atoms with van der Waals surface area (Å²) in [5.74, 6) is 0.795. The molecule has 5 nitrogen and oxygen atoms in total. The lowest BCUT2D eigenvalue weighted by Crippen LogP contribution is -2.42. The van der Waals surface area contributed by atoms with E-state index in [1.54, 1.807) is 7.05 Å². The Morgan fingerprint density at radius 1 is 1.19 bits per heavy atom. The number of nitrogens with one attached hydrogen (secondary N) is 2. The molecule has 0 bridgehead atoms. The van der Waals surface area contributed by atoms with Crippen molar-refractivity contribution in [2.24, 2.45) is 4.99 Å². The summed E-state index contributed by atoms with van der Waals surface area (Å²) in [6.45, 7) is 2.81. The fraction of sp³-hybridized carbons (Fsp3) is 0.300. The van der Waals surface area contributed by atoms with Crippen LogP contribution in [0.3, 0.4) is 0 Å². The molecule has 2 heterocycles. The van der Waals surface area contributed by atoms with Gasteiger partial charge in [-0.1, -0.05) is 30.3 Å². The van der Waals surface area contributed by atoms with E-state index in [0.717, 1.165) is 34.6 Å². The van der Waals surface area contributed by atoms with Crippen LogP contribution in [0.4, 0.5) is 0 Å². The maximum atomic E-state index is 4.61. The fourth-order valence-corrected chi connectivity index (χ4v) is 3.16. The highest BCUT2D eigenvalue weighted by Gasteiger charge is 2.07. The smallest absolute Gasteiger partial charge is 0.191 e. The summed E-state index contributed by atoms with van der Waals surface area (Å²) in [5, 5.41) is 6.79. The Kier molecular flexibility index (Phi) is 8.56.